The molecule has 0 saturated carbocycles. The number of anilines is 1. The lowest BCUT2D eigenvalue weighted by molar-refractivity contribution is 0.102. The third-order valence-electron chi connectivity index (χ3n) is 4.92. The average Bonchev–Trinajstić information content (AvgIpc) is 3.32. The van der Waals surface area contributed by atoms with Gasteiger partial charge in [0.1, 0.15) is 0 Å². The van der Waals surface area contributed by atoms with Crippen molar-refractivity contribution in [3.8, 4) is 0 Å². The van der Waals surface area contributed by atoms with E-state index in [4.69, 9.17) is 0 Å². The topological polar surface area (TPSA) is 50.2 Å². The average molecular weight is 370 g/mol. The van der Waals surface area contributed by atoms with Crippen molar-refractivity contribution >= 4 is 22.6 Å². The van der Waals surface area contributed by atoms with Crippen LogP contribution < -0.4 is 5.32 Å². The van der Waals surface area contributed by atoms with Crippen molar-refractivity contribution in [2.24, 2.45) is 0 Å². The number of likely N-dealkylation sites (tertiary alicyclic amines) is 1. The molecule has 1 saturated heterocycles. The molecule has 1 N–H and O–H groups in total. The molecule has 1 amide bonds. The number of hydrogen-bond acceptors (Lipinski definition) is 3. The summed E-state index contributed by atoms with van der Waals surface area (Å²) in [5, 5.41) is 2.57. The molecule has 0 radical (unpaired) electrons. The number of fused-ring (bicyclic) bond motifs is 1. The number of benzene rings is 2. The second-order valence-corrected chi connectivity index (χ2v) is 6.77. The van der Waals surface area contributed by atoms with Gasteiger partial charge >= 0.3 is 0 Å². The number of aromatic nitrogens is 2. The molecule has 27 heavy (non-hydrogen) atoms. The lowest BCUT2D eigenvalue weighted by atomic mass is 10.1. The zero-order chi connectivity index (χ0) is 18.8. The van der Waals surface area contributed by atoms with Gasteiger partial charge in [-0.3, -0.25) is 4.79 Å². The summed E-state index contributed by atoms with van der Waals surface area (Å²) in [7, 11) is 0. The fourth-order valence-electron chi connectivity index (χ4n) is 3.42. The maximum Gasteiger partial charge on any atom is 0.255 e. The van der Waals surface area contributed by atoms with E-state index < -0.39 is 17.5 Å². The maximum atomic E-state index is 13.3. The molecule has 0 spiro atoms. The lowest BCUT2D eigenvalue weighted by Crippen LogP contribution is -2.23. The minimum Gasteiger partial charge on any atom is -0.329 e. The molecule has 5 nitrogen and oxygen atoms in total. The van der Waals surface area contributed by atoms with Crippen molar-refractivity contribution in [2.45, 2.75) is 19.4 Å². The van der Waals surface area contributed by atoms with E-state index in [1.165, 1.54) is 18.9 Å². The van der Waals surface area contributed by atoms with Crippen LogP contribution >= 0.6 is 0 Å². The summed E-state index contributed by atoms with van der Waals surface area (Å²) in [4.78, 5) is 19.2. The van der Waals surface area contributed by atoms with E-state index in [0.29, 0.717) is 5.56 Å². The van der Waals surface area contributed by atoms with Crippen LogP contribution in [0.4, 0.5) is 14.5 Å². The number of imidazole rings is 1. The molecule has 2 heterocycles. The van der Waals surface area contributed by atoms with Crippen LogP contribution in [-0.4, -0.2) is 40.0 Å². The number of rotatable bonds is 5. The molecule has 140 valence electrons. The molecule has 0 unspecified atom stereocenters. The molecule has 3 aromatic rings. The first-order valence-corrected chi connectivity index (χ1v) is 9.04. The molecule has 0 aliphatic carbocycles. The second-order valence-electron chi connectivity index (χ2n) is 6.77. The summed E-state index contributed by atoms with van der Waals surface area (Å²) in [5.74, 6) is -2.34. The van der Waals surface area contributed by atoms with Gasteiger partial charge in [-0.25, -0.2) is 13.8 Å². The second kappa shape index (κ2) is 7.44. The fourth-order valence-corrected chi connectivity index (χ4v) is 3.42. The molecule has 0 bridgehead atoms. The molecule has 7 heteroatoms. The van der Waals surface area contributed by atoms with Crippen LogP contribution in [0.2, 0.25) is 0 Å². The van der Waals surface area contributed by atoms with Crippen LogP contribution in [-0.2, 0) is 6.54 Å². The third-order valence-corrected chi connectivity index (χ3v) is 4.92. The maximum absolute atomic E-state index is 13.3. The first-order chi connectivity index (χ1) is 13.1. The molecule has 1 aromatic heterocycles. The van der Waals surface area contributed by atoms with Crippen molar-refractivity contribution in [3.63, 3.8) is 0 Å². The first-order valence-electron chi connectivity index (χ1n) is 9.04. The van der Waals surface area contributed by atoms with Gasteiger partial charge in [0.25, 0.3) is 5.91 Å². The molecular weight excluding hydrogens is 350 g/mol. The lowest BCUT2D eigenvalue weighted by Gasteiger charge is -2.15. The van der Waals surface area contributed by atoms with Crippen LogP contribution in [0.15, 0.2) is 42.7 Å². The molecular formula is C20H20F2N4O. The summed E-state index contributed by atoms with van der Waals surface area (Å²) < 4.78 is 28.4. The Labute approximate surface area is 155 Å². The Kier molecular flexibility index (Phi) is 4.85. The van der Waals surface area contributed by atoms with E-state index in [0.717, 1.165) is 49.3 Å². The van der Waals surface area contributed by atoms with Crippen LogP contribution in [0.5, 0.6) is 0 Å². The zero-order valence-corrected chi connectivity index (χ0v) is 14.8. The van der Waals surface area contributed by atoms with Gasteiger partial charge in [-0.2, -0.15) is 0 Å². The SMILES string of the molecule is O=C(Nc1ccc(F)c(F)c1)c1ccc2c(c1)ncn2CCN1CCCC1. The van der Waals surface area contributed by atoms with Gasteiger partial charge < -0.3 is 14.8 Å². The van der Waals surface area contributed by atoms with Gasteiger partial charge in [-0.05, 0) is 56.3 Å². The van der Waals surface area contributed by atoms with E-state index >= 15 is 0 Å². The minimum absolute atomic E-state index is 0.204. The predicted octanol–water partition coefficient (Wildman–Crippen LogP) is 3.66. The van der Waals surface area contributed by atoms with Crippen LogP contribution in [0.1, 0.15) is 23.2 Å². The summed E-state index contributed by atoms with van der Waals surface area (Å²) in [6.45, 7) is 4.16. The molecule has 4 rings (SSSR count). The van der Waals surface area contributed by atoms with Crippen molar-refractivity contribution in [1.29, 1.82) is 0 Å². The Balaban J connectivity index is 1.47. The number of nitrogens with zero attached hydrogens (tertiary/aromatic N) is 3. The number of carbonyl (C=O) groups excluding carboxylic acids is 1. The van der Waals surface area contributed by atoms with Gasteiger partial charge in [0.05, 0.1) is 17.4 Å². The van der Waals surface area contributed by atoms with Gasteiger partial charge in [0.15, 0.2) is 11.6 Å². The van der Waals surface area contributed by atoms with Crippen molar-refractivity contribution in [2.75, 3.05) is 25.0 Å². The number of nitrogens with one attached hydrogen (secondary N) is 1. The Bertz CT molecular complexity index is 979. The third kappa shape index (κ3) is 3.83. The Hall–Kier alpha value is -2.80. The minimum atomic E-state index is -1.00. The first kappa shape index (κ1) is 17.6. The molecule has 0 atom stereocenters. The number of carbonyl (C=O) groups is 1. The van der Waals surface area contributed by atoms with Gasteiger partial charge in [0, 0.05) is 30.4 Å². The number of amides is 1. The molecule has 1 fully saturated rings. The summed E-state index contributed by atoms with van der Waals surface area (Å²) in [6, 6.07) is 8.55. The number of hydrogen-bond donors (Lipinski definition) is 1. The Morgan fingerprint density at radius 1 is 1.04 bits per heavy atom. The standard InChI is InChI=1S/C20H20F2N4O/c21-16-5-4-15(12-17(16)22)24-20(27)14-3-6-19-18(11-14)23-13-26(19)10-9-25-7-1-2-8-25/h3-6,11-13H,1-2,7-10H2,(H,24,27). The van der Waals surface area contributed by atoms with E-state index in [-0.39, 0.29) is 5.69 Å². The summed E-state index contributed by atoms with van der Waals surface area (Å²) >= 11 is 0. The summed E-state index contributed by atoms with van der Waals surface area (Å²) in [6.07, 6.45) is 4.32. The highest BCUT2D eigenvalue weighted by molar-refractivity contribution is 6.05. The fraction of sp³-hybridized carbons (Fsp3) is 0.300. The van der Waals surface area contributed by atoms with Gasteiger partial charge in [-0.15, -0.1) is 0 Å². The summed E-state index contributed by atoms with van der Waals surface area (Å²) in [5.41, 5.74) is 2.32. The molecule has 1 aliphatic rings. The van der Waals surface area contributed by atoms with Crippen molar-refractivity contribution in [3.05, 3.63) is 59.9 Å². The van der Waals surface area contributed by atoms with Gasteiger partial charge in [0.2, 0.25) is 0 Å². The monoisotopic (exact) mass is 370 g/mol. The van der Waals surface area contributed by atoms with Crippen LogP contribution in [0, 0.1) is 11.6 Å². The molecule has 2 aromatic carbocycles. The van der Waals surface area contributed by atoms with Crippen molar-refractivity contribution < 1.29 is 13.6 Å². The van der Waals surface area contributed by atoms with Crippen molar-refractivity contribution in [1.82, 2.24) is 14.5 Å². The highest BCUT2D eigenvalue weighted by atomic mass is 19.2. The predicted molar refractivity (Wildman–Crippen MR) is 99.7 cm³/mol. The Morgan fingerprint density at radius 2 is 1.85 bits per heavy atom. The van der Waals surface area contributed by atoms with E-state index in [1.54, 1.807) is 18.5 Å². The quantitative estimate of drug-likeness (QED) is 0.746. The van der Waals surface area contributed by atoms with Crippen LogP contribution in [0.25, 0.3) is 11.0 Å². The van der Waals surface area contributed by atoms with Crippen LogP contribution in [0.3, 0.4) is 0 Å². The van der Waals surface area contributed by atoms with E-state index in [1.807, 2.05) is 6.07 Å². The number of halogens is 2. The van der Waals surface area contributed by atoms with E-state index in [9.17, 15) is 13.6 Å². The zero-order valence-electron chi connectivity index (χ0n) is 14.8. The normalized spacial score (nSPS) is 14.7. The Morgan fingerprint density at radius 3 is 2.63 bits per heavy atom. The molecule has 1 aliphatic heterocycles. The smallest absolute Gasteiger partial charge is 0.255 e. The largest absolute Gasteiger partial charge is 0.329 e. The highest BCUT2D eigenvalue weighted by Gasteiger charge is 2.13. The van der Waals surface area contributed by atoms with E-state index in [2.05, 4.69) is 19.8 Å². The highest BCUT2D eigenvalue weighted by Crippen LogP contribution is 2.18. The van der Waals surface area contributed by atoms with Gasteiger partial charge in [-0.1, -0.05) is 0 Å².